The zero-order valence-corrected chi connectivity index (χ0v) is 17.8. The molecule has 3 N–H and O–H groups in total. The van der Waals surface area contributed by atoms with Gasteiger partial charge in [0.25, 0.3) is 0 Å². The summed E-state index contributed by atoms with van der Waals surface area (Å²) < 4.78 is 0. The number of carbonyl (C=O) groups is 1. The summed E-state index contributed by atoms with van der Waals surface area (Å²) in [6.45, 7) is 4.22. The van der Waals surface area contributed by atoms with Gasteiger partial charge in [0.15, 0.2) is 0 Å². The topological polar surface area (TPSA) is 108 Å². The van der Waals surface area contributed by atoms with Crippen molar-refractivity contribution in [2.45, 2.75) is 32.6 Å². The standard InChI is InChI=1S/C21H27ClN6O2/c1-13-8-19(24-12-18(13)23)28(21(29)30)7-4-15-9-17(15)14-2-5-27(6-3-14)20-25-10-16(22)11-26-20/h8,10-12,14-15,17H,2-7,9,23H2,1H3,(H,29,30). The molecule has 0 spiro atoms. The number of anilines is 3. The Balaban J connectivity index is 1.27. The van der Waals surface area contributed by atoms with Crippen LogP contribution in [0.1, 0.15) is 31.2 Å². The average molecular weight is 431 g/mol. The summed E-state index contributed by atoms with van der Waals surface area (Å²) in [6, 6.07) is 1.74. The third-order valence-electron chi connectivity index (χ3n) is 6.38. The van der Waals surface area contributed by atoms with Crippen LogP contribution in [-0.2, 0) is 0 Å². The van der Waals surface area contributed by atoms with Crippen LogP contribution in [0.25, 0.3) is 0 Å². The second-order valence-electron chi connectivity index (χ2n) is 8.31. The third-order valence-corrected chi connectivity index (χ3v) is 6.57. The highest BCUT2D eigenvalue weighted by molar-refractivity contribution is 6.30. The molecule has 1 saturated heterocycles. The molecule has 2 atom stereocenters. The summed E-state index contributed by atoms with van der Waals surface area (Å²) in [5.41, 5.74) is 7.22. The quantitative estimate of drug-likeness (QED) is 0.716. The molecule has 3 heterocycles. The van der Waals surface area contributed by atoms with Crippen LogP contribution in [0.5, 0.6) is 0 Å². The van der Waals surface area contributed by atoms with Crippen molar-refractivity contribution in [3.05, 3.63) is 35.2 Å². The molecule has 1 aliphatic heterocycles. The Bertz CT molecular complexity index is 901. The summed E-state index contributed by atoms with van der Waals surface area (Å²) in [5, 5.41) is 10.2. The molecule has 2 aromatic heterocycles. The number of rotatable bonds is 6. The number of amides is 1. The number of aromatic nitrogens is 3. The van der Waals surface area contributed by atoms with Crippen molar-refractivity contribution in [3.63, 3.8) is 0 Å². The minimum absolute atomic E-state index is 0.447. The Morgan fingerprint density at radius 2 is 1.97 bits per heavy atom. The summed E-state index contributed by atoms with van der Waals surface area (Å²) in [5.74, 6) is 3.16. The highest BCUT2D eigenvalue weighted by Crippen LogP contribution is 2.50. The Labute approximate surface area is 181 Å². The van der Waals surface area contributed by atoms with Crippen molar-refractivity contribution in [1.29, 1.82) is 0 Å². The number of nitrogen functional groups attached to an aromatic ring is 1. The minimum Gasteiger partial charge on any atom is -0.465 e. The molecule has 0 radical (unpaired) electrons. The zero-order chi connectivity index (χ0) is 21.3. The largest absolute Gasteiger partial charge is 0.465 e. The highest BCUT2D eigenvalue weighted by atomic mass is 35.5. The fraction of sp³-hybridized carbons (Fsp3) is 0.524. The number of hydrogen-bond acceptors (Lipinski definition) is 6. The lowest BCUT2D eigenvalue weighted by atomic mass is 9.90. The Hall–Kier alpha value is -2.61. The predicted molar refractivity (Wildman–Crippen MR) is 117 cm³/mol. The lowest BCUT2D eigenvalue weighted by molar-refractivity contribution is 0.201. The van der Waals surface area contributed by atoms with E-state index < -0.39 is 6.09 Å². The molecular formula is C21H27ClN6O2. The normalized spacial score (nSPS) is 21.5. The fourth-order valence-corrected chi connectivity index (χ4v) is 4.58. The van der Waals surface area contributed by atoms with Gasteiger partial charge < -0.3 is 15.7 Å². The molecule has 2 fully saturated rings. The van der Waals surface area contributed by atoms with E-state index in [2.05, 4.69) is 19.9 Å². The summed E-state index contributed by atoms with van der Waals surface area (Å²) >= 11 is 5.87. The molecule has 9 heteroatoms. The van der Waals surface area contributed by atoms with E-state index in [9.17, 15) is 9.90 Å². The van der Waals surface area contributed by atoms with Crippen LogP contribution in [-0.4, -0.2) is 45.8 Å². The average Bonchev–Trinajstić information content (AvgIpc) is 3.51. The third kappa shape index (κ3) is 4.59. The van der Waals surface area contributed by atoms with Crippen LogP contribution in [0.15, 0.2) is 24.7 Å². The van der Waals surface area contributed by atoms with Gasteiger partial charge in [0.05, 0.1) is 29.3 Å². The Kier molecular flexibility index (Phi) is 5.94. The monoisotopic (exact) mass is 430 g/mol. The molecule has 8 nitrogen and oxygen atoms in total. The highest BCUT2D eigenvalue weighted by Gasteiger charge is 2.43. The van der Waals surface area contributed by atoms with E-state index in [-0.39, 0.29) is 0 Å². The summed E-state index contributed by atoms with van der Waals surface area (Å²) in [7, 11) is 0. The van der Waals surface area contributed by atoms with Gasteiger partial charge in [0, 0.05) is 19.6 Å². The van der Waals surface area contributed by atoms with Crippen molar-refractivity contribution in [2.24, 2.45) is 17.8 Å². The Morgan fingerprint density at radius 3 is 2.60 bits per heavy atom. The van der Waals surface area contributed by atoms with Gasteiger partial charge in [-0.1, -0.05) is 11.6 Å². The van der Waals surface area contributed by atoms with E-state index in [0.29, 0.717) is 40.8 Å². The van der Waals surface area contributed by atoms with Gasteiger partial charge in [-0.25, -0.2) is 19.7 Å². The van der Waals surface area contributed by atoms with Gasteiger partial charge in [-0.15, -0.1) is 0 Å². The minimum atomic E-state index is -0.972. The van der Waals surface area contributed by atoms with Crippen LogP contribution in [0.4, 0.5) is 22.2 Å². The van der Waals surface area contributed by atoms with E-state index in [1.807, 2.05) is 6.92 Å². The fourth-order valence-electron chi connectivity index (χ4n) is 4.48. The van der Waals surface area contributed by atoms with Crippen molar-refractivity contribution in [3.8, 4) is 0 Å². The smallest absolute Gasteiger partial charge is 0.413 e. The predicted octanol–water partition coefficient (Wildman–Crippen LogP) is 3.84. The number of aryl methyl sites for hydroxylation is 1. The van der Waals surface area contributed by atoms with E-state index in [1.54, 1.807) is 18.5 Å². The maximum Gasteiger partial charge on any atom is 0.413 e. The number of nitrogens with zero attached hydrogens (tertiary/aromatic N) is 5. The molecule has 1 saturated carbocycles. The number of piperidine rings is 1. The maximum absolute atomic E-state index is 11.7. The number of pyridine rings is 1. The molecule has 2 aromatic rings. The first-order valence-electron chi connectivity index (χ1n) is 10.4. The van der Waals surface area contributed by atoms with Crippen molar-refractivity contribution in [1.82, 2.24) is 15.0 Å². The lowest BCUT2D eigenvalue weighted by Gasteiger charge is -2.32. The number of carboxylic acid groups (broad SMARTS) is 1. The van der Waals surface area contributed by atoms with Gasteiger partial charge >= 0.3 is 6.09 Å². The van der Waals surface area contributed by atoms with Crippen LogP contribution in [0.2, 0.25) is 5.02 Å². The summed E-state index contributed by atoms with van der Waals surface area (Å²) in [4.78, 5) is 28.1. The van der Waals surface area contributed by atoms with Gasteiger partial charge in [-0.05, 0) is 62.0 Å². The first-order chi connectivity index (χ1) is 14.4. The van der Waals surface area contributed by atoms with Gasteiger partial charge in [0.2, 0.25) is 5.95 Å². The molecule has 2 aliphatic rings. The Morgan fingerprint density at radius 1 is 1.27 bits per heavy atom. The summed E-state index contributed by atoms with van der Waals surface area (Å²) in [6.07, 6.45) is 8.12. The molecule has 160 valence electrons. The first-order valence-corrected chi connectivity index (χ1v) is 10.7. The zero-order valence-electron chi connectivity index (χ0n) is 17.0. The molecule has 4 rings (SSSR count). The van der Waals surface area contributed by atoms with E-state index >= 15 is 0 Å². The number of halogens is 1. The van der Waals surface area contributed by atoms with Crippen LogP contribution in [0, 0.1) is 24.7 Å². The van der Waals surface area contributed by atoms with E-state index in [1.165, 1.54) is 17.5 Å². The molecule has 0 bridgehead atoms. The molecule has 0 aromatic carbocycles. The second-order valence-corrected chi connectivity index (χ2v) is 8.74. The maximum atomic E-state index is 11.7. The van der Waals surface area contributed by atoms with Crippen molar-refractivity contribution < 1.29 is 9.90 Å². The molecule has 1 amide bonds. The second kappa shape index (κ2) is 8.63. The van der Waals surface area contributed by atoms with Crippen LogP contribution in [0.3, 0.4) is 0 Å². The van der Waals surface area contributed by atoms with Crippen molar-refractivity contribution >= 4 is 35.1 Å². The van der Waals surface area contributed by atoms with Crippen LogP contribution >= 0.6 is 11.6 Å². The molecule has 1 aliphatic carbocycles. The SMILES string of the molecule is Cc1cc(N(CCC2CC2C2CCN(c3ncc(Cl)cn3)CC2)C(=O)O)ncc1N. The number of nitrogens with two attached hydrogens (primary N) is 1. The van der Waals surface area contributed by atoms with E-state index in [0.717, 1.165) is 43.9 Å². The van der Waals surface area contributed by atoms with Gasteiger partial charge in [0.1, 0.15) is 5.82 Å². The molecular weight excluding hydrogens is 404 g/mol. The first kappa shape index (κ1) is 20.7. The van der Waals surface area contributed by atoms with Gasteiger partial charge in [-0.3, -0.25) is 4.90 Å². The number of hydrogen-bond donors (Lipinski definition) is 2. The lowest BCUT2D eigenvalue weighted by Crippen LogP contribution is -2.35. The van der Waals surface area contributed by atoms with Gasteiger partial charge in [-0.2, -0.15) is 0 Å². The molecule has 30 heavy (non-hydrogen) atoms. The van der Waals surface area contributed by atoms with E-state index in [4.69, 9.17) is 17.3 Å². The molecule has 2 unspecified atom stereocenters. The van der Waals surface area contributed by atoms with Crippen molar-refractivity contribution in [2.75, 3.05) is 35.2 Å². The van der Waals surface area contributed by atoms with Crippen LogP contribution < -0.4 is 15.5 Å².